The molecule has 0 atom stereocenters. The van der Waals surface area contributed by atoms with Crippen LogP contribution in [-0.2, 0) is 13.8 Å². The van der Waals surface area contributed by atoms with Crippen LogP contribution in [0, 0.1) is 0 Å². The Morgan fingerprint density at radius 2 is 1.14 bits per heavy atom. The SMILES string of the molecule is CC/C(=C(/CC)c1ccc(OP(=O)(O)O)cc1)c1ccc(OOP(=O)(O)O)cc1. The third kappa shape index (κ3) is 7.42. The van der Waals surface area contributed by atoms with Gasteiger partial charge in [-0.3, -0.25) is 9.79 Å². The molecule has 2 aromatic carbocycles. The molecule has 0 amide bonds. The third-order valence-electron chi connectivity index (χ3n) is 3.93. The highest BCUT2D eigenvalue weighted by atomic mass is 31.2. The molecule has 0 aromatic heterocycles. The Bertz CT molecular complexity index is 940. The monoisotopic (exact) mass is 444 g/mol. The van der Waals surface area contributed by atoms with Crippen LogP contribution in [0.4, 0.5) is 0 Å². The van der Waals surface area contributed by atoms with Gasteiger partial charge in [0, 0.05) is 0 Å². The van der Waals surface area contributed by atoms with Gasteiger partial charge in [-0.15, -0.1) is 0 Å². The van der Waals surface area contributed by atoms with Crippen molar-refractivity contribution >= 4 is 26.8 Å². The lowest BCUT2D eigenvalue weighted by Crippen LogP contribution is -1.96. The second-order valence-corrected chi connectivity index (χ2v) is 8.24. The second kappa shape index (κ2) is 9.69. The van der Waals surface area contributed by atoms with Crippen molar-refractivity contribution in [1.82, 2.24) is 0 Å². The quantitative estimate of drug-likeness (QED) is 0.193. The molecule has 158 valence electrons. The molecule has 0 saturated heterocycles. The van der Waals surface area contributed by atoms with Crippen LogP contribution in [0.25, 0.3) is 11.1 Å². The zero-order chi connectivity index (χ0) is 21.7. The summed E-state index contributed by atoms with van der Waals surface area (Å²) in [5, 5.41) is 0. The van der Waals surface area contributed by atoms with E-state index < -0.39 is 15.6 Å². The van der Waals surface area contributed by atoms with Crippen LogP contribution in [0.1, 0.15) is 37.8 Å². The van der Waals surface area contributed by atoms with E-state index in [1.807, 2.05) is 13.8 Å². The van der Waals surface area contributed by atoms with Crippen LogP contribution in [-0.4, -0.2) is 19.6 Å². The standard InChI is InChI=1S/C18H22O9P2/c1-3-17(13-5-9-15(10-6-13)25-27-29(22,23)24)18(4-2)14-7-11-16(12-8-14)26-28(19,20)21/h5-12H,3-4H2,1-2H3,(H2,19,20,21)(H2,22,23,24)/b18-17+. The molecule has 0 aliphatic rings. The molecular weight excluding hydrogens is 422 g/mol. The Balaban J connectivity index is 2.30. The molecule has 2 rings (SSSR count). The Morgan fingerprint density at radius 1 is 0.724 bits per heavy atom. The fraction of sp³-hybridized carbons (Fsp3) is 0.222. The summed E-state index contributed by atoms with van der Waals surface area (Å²) in [6.45, 7) is 3.99. The summed E-state index contributed by atoms with van der Waals surface area (Å²) >= 11 is 0. The molecular formula is C18H22O9P2. The summed E-state index contributed by atoms with van der Waals surface area (Å²) in [4.78, 5) is 39.7. The molecule has 0 spiro atoms. The van der Waals surface area contributed by atoms with E-state index in [1.54, 1.807) is 24.3 Å². The Kier molecular flexibility index (Phi) is 7.80. The van der Waals surface area contributed by atoms with E-state index in [0.29, 0.717) is 12.8 Å². The van der Waals surface area contributed by atoms with Gasteiger partial charge in [0.1, 0.15) is 5.75 Å². The maximum absolute atomic E-state index is 10.9. The molecule has 0 saturated carbocycles. The van der Waals surface area contributed by atoms with Crippen LogP contribution in [0.3, 0.4) is 0 Å². The number of hydrogen-bond acceptors (Lipinski definition) is 5. The Labute approximate surface area is 168 Å². The van der Waals surface area contributed by atoms with Crippen molar-refractivity contribution in [3.8, 4) is 11.5 Å². The fourth-order valence-corrected chi connectivity index (χ4v) is 3.42. The lowest BCUT2D eigenvalue weighted by atomic mass is 9.91. The Hall–Kier alpha value is -1.96. The predicted molar refractivity (Wildman–Crippen MR) is 107 cm³/mol. The molecule has 4 N–H and O–H groups in total. The van der Waals surface area contributed by atoms with Crippen molar-refractivity contribution in [3.05, 3.63) is 59.7 Å². The molecule has 9 nitrogen and oxygen atoms in total. The first-order valence-electron chi connectivity index (χ1n) is 8.62. The van der Waals surface area contributed by atoms with Crippen molar-refractivity contribution in [3.63, 3.8) is 0 Å². The van der Waals surface area contributed by atoms with Gasteiger partial charge < -0.3 is 19.2 Å². The molecule has 29 heavy (non-hydrogen) atoms. The van der Waals surface area contributed by atoms with Gasteiger partial charge >= 0.3 is 15.6 Å². The highest BCUT2D eigenvalue weighted by Crippen LogP contribution is 2.39. The number of hydrogen-bond donors (Lipinski definition) is 4. The van der Waals surface area contributed by atoms with Gasteiger partial charge in [0.05, 0.1) is 0 Å². The second-order valence-electron chi connectivity index (χ2n) is 5.94. The minimum Gasteiger partial charge on any atom is -0.404 e. The lowest BCUT2D eigenvalue weighted by molar-refractivity contribution is -0.122. The normalized spacial score (nSPS) is 13.0. The van der Waals surface area contributed by atoms with Gasteiger partial charge in [-0.05, 0) is 59.4 Å². The maximum atomic E-state index is 10.9. The predicted octanol–water partition coefficient (Wildman–Crippen LogP) is 4.29. The number of phosphoric acid groups is 2. The van der Waals surface area contributed by atoms with Crippen LogP contribution >= 0.6 is 15.6 Å². The minimum absolute atomic E-state index is 0.0714. The summed E-state index contributed by atoms with van der Waals surface area (Å²) in [7, 11) is -9.35. The summed E-state index contributed by atoms with van der Waals surface area (Å²) in [5.74, 6) is 0.214. The first-order valence-corrected chi connectivity index (χ1v) is 11.7. The fourth-order valence-electron chi connectivity index (χ4n) is 2.84. The molecule has 0 aliphatic carbocycles. The van der Waals surface area contributed by atoms with Crippen molar-refractivity contribution in [2.75, 3.05) is 0 Å². The third-order valence-corrected chi connectivity index (χ3v) is 4.65. The molecule has 0 unspecified atom stereocenters. The topological polar surface area (TPSA) is 143 Å². The number of allylic oxidation sites excluding steroid dienone is 2. The smallest absolute Gasteiger partial charge is 0.404 e. The van der Waals surface area contributed by atoms with Crippen molar-refractivity contribution in [1.29, 1.82) is 0 Å². The number of rotatable bonds is 9. The molecule has 0 bridgehead atoms. The van der Waals surface area contributed by atoms with Gasteiger partial charge in [-0.1, -0.05) is 42.8 Å². The van der Waals surface area contributed by atoms with E-state index in [-0.39, 0.29) is 11.5 Å². The van der Waals surface area contributed by atoms with Crippen molar-refractivity contribution in [2.45, 2.75) is 26.7 Å². The van der Waals surface area contributed by atoms with Crippen LogP contribution in [0.15, 0.2) is 48.5 Å². The van der Waals surface area contributed by atoms with Crippen LogP contribution < -0.4 is 9.41 Å². The van der Waals surface area contributed by atoms with Gasteiger partial charge in [-0.2, -0.15) is 0 Å². The summed E-state index contributed by atoms with van der Waals surface area (Å²) in [5.41, 5.74) is 3.85. The zero-order valence-electron chi connectivity index (χ0n) is 15.8. The molecule has 0 heterocycles. The van der Waals surface area contributed by atoms with Crippen LogP contribution in [0.5, 0.6) is 11.5 Å². The average molecular weight is 444 g/mol. The summed E-state index contributed by atoms with van der Waals surface area (Å²) in [6.07, 6.45) is 1.42. The number of phosphoric ester groups is 1. The summed E-state index contributed by atoms with van der Waals surface area (Å²) < 4.78 is 30.2. The average Bonchev–Trinajstić information content (AvgIpc) is 2.64. The summed E-state index contributed by atoms with van der Waals surface area (Å²) in [6, 6.07) is 13.0. The molecule has 0 fully saturated rings. The van der Waals surface area contributed by atoms with E-state index in [4.69, 9.17) is 19.6 Å². The zero-order valence-corrected chi connectivity index (χ0v) is 17.5. The number of benzene rings is 2. The largest absolute Gasteiger partial charge is 0.524 e. The lowest BCUT2D eigenvalue weighted by Gasteiger charge is -2.15. The van der Waals surface area contributed by atoms with Gasteiger partial charge in [0.2, 0.25) is 0 Å². The van der Waals surface area contributed by atoms with Gasteiger partial charge in [0.25, 0.3) is 0 Å². The maximum Gasteiger partial charge on any atom is 0.524 e. The first-order chi connectivity index (χ1) is 13.5. The minimum atomic E-state index is -4.74. The van der Waals surface area contributed by atoms with E-state index in [2.05, 4.69) is 14.1 Å². The van der Waals surface area contributed by atoms with Crippen LogP contribution in [0.2, 0.25) is 0 Å². The highest BCUT2D eigenvalue weighted by Gasteiger charge is 2.17. The van der Waals surface area contributed by atoms with Crippen molar-refractivity contribution < 1.29 is 42.8 Å². The van der Waals surface area contributed by atoms with Gasteiger partial charge in [-0.25, -0.2) is 9.13 Å². The van der Waals surface area contributed by atoms with Gasteiger partial charge in [0.15, 0.2) is 5.75 Å². The first kappa shape index (κ1) is 23.3. The van der Waals surface area contributed by atoms with E-state index in [9.17, 15) is 9.13 Å². The Morgan fingerprint density at radius 3 is 1.48 bits per heavy atom. The molecule has 11 heteroatoms. The molecule has 0 aliphatic heterocycles. The van der Waals surface area contributed by atoms with E-state index >= 15 is 0 Å². The highest BCUT2D eigenvalue weighted by molar-refractivity contribution is 7.46. The molecule has 0 radical (unpaired) electrons. The van der Waals surface area contributed by atoms with E-state index in [0.717, 1.165) is 22.3 Å². The molecule has 2 aromatic rings. The van der Waals surface area contributed by atoms with E-state index in [1.165, 1.54) is 24.3 Å². The van der Waals surface area contributed by atoms with Crippen molar-refractivity contribution in [2.24, 2.45) is 0 Å².